The lowest BCUT2D eigenvalue weighted by Crippen LogP contribution is -2.26. The monoisotopic (exact) mass is 323 g/mol. The Morgan fingerprint density at radius 3 is 2.39 bits per heavy atom. The van der Waals surface area contributed by atoms with Gasteiger partial charge in [0.2, 0.25) is 0 Å². The Morgan fingerprint density at radius 2 is 1.70 bits per heavy atom. The van der Waals surface area contributed by atoms with E-state index in [-0.39, 0.29) is 11.9 Å². The lowest BCUT2D eigenvalue weighted by Gasteiger charge is -2.13. The predicted octanol–water partition coefficient (Wildman–Crippen LogP) is 4.38. The van der Waals surface area contributed by atoms with E-state index in [1.54, 1.807) is 5.38 Å². The average molecular weight is 323 g/mol. The van der Waals surface area contributed by atoms with E-state index in [9.17, 15) is 4.79 Å². The molecule has 1 aromatic heterocycles. The van der Waals surface area contributed by atoms with Crippen molar-refractivity contribution in [3.05, 3.63) is 77.3 Å². The van der Waals surface area contributed by atoms with Crippen molar-refractivity contribution in [2.75, 3.05) is 5.32 Å². The van der Waals surface area contributed by atoms with Crippen LogP contribution in [0.1, 0.15) is 29.0 Å². The molecule has 116 valence electrons. The van der Waals surface area contributed by atoms with Gasteiger partial charge in [0.25, 0.3) is 5.91 Å². The number of para-hydroxylation sites is 1. The number of nitrogens with one attached hydrogen (secondary N) is 2. The standard InChI is InChI=1S/C18H17N3OS/c1-13(14-8-4-2-5-9-14)19-17(22)16-12-23-18(21-16)20-15-10-6-3-7-11-15/h2-13H,1H3,(H,19,22)(H,20,21). The van der Waals surface area contributed by atoms with Crippen LogP contribution in [0.2, 0.25) is 0 Å². The summed E-state index contributed by atoms with van der Waals surface area (Å²) in [4.78, 5) is 16.6. The molecule has 0 spiro atoms. The van der Waals surface area contributed by atoms with Crippen LogP contribution in [0.15, 0.2) is 66.0 Å². The van der Waals surface area contributed by atoms with E-state index in [2.05, 4.69) is 15.6 Å². The molecule has 0 radical (unpaired) electrons. The van der Waals surface area contributed by atoms with Gasteiger partial charge >= 0.3 is 0 Å². The summed E-state index contributed by atoms with van der Waals surface area (Å²) >= 11 is 1.41. The fraction of sp³-hybridized carbons (Fsp3) is 0.111. The molecule has 0 saturated heterocycles. The topological polar surface area (TPSA) is 54.0 Å². The van der Waals surface area contributed by atoms with Crippen molar-refractivity contribution in [1.82, 2.24) is 10.3 Å². The Morgan fingerprint density at radius 1 is 1.04 bits per heavy atom. The largest absolute Gasteiger partial charge is 0.344 e. The number of carbonyl (C=O) groups is 1. The number of nitrogens with zero attached hydrogens (tertiary/aromatic N) is 1. The molecule has 3 aromatic rings. The molecule has 2 N–H and O–H groups in total. The van der Waals surface area contributed by atoms with E-state index >= 15 is 0 Å². The number of carbonyl (C=O) groups excluding carboxylic acids is 1. The zero-order chi connectivity index (χ0) is 16.1. The van der Waals surface area contributed by atoms with Crippen molar-refractivity contribution in [1.29, 1.82) is 0 Å². The normalized spacial score (nSPS) is 11.7. The van der Waals surface area contributed by atoms with E-state index in [0.717, 1.165) is 11.3 Å². The zero-order valence-corrected chi connectivity index (χ0v) is 13.5. The summed E-state index contributed by atoms with van der Waals surface area (Å²) in [5.74, 6) is -0.168. The number of anilines is 2. The maximum absolute atomic E-state index is 12.3. The van der Waals surface area contributed by atoms with Crippen molar-refractivity contribution in [2.24, 2.45) is 0 Å². The van der Waals surface area contributed by atoms with Crippen LogP contribution >= 0.6 is 11.3 Å². The maximum Gasteiger partial charge on any atom is 0.271 e. The summed E-state index contributed by atoms with van der Waals surface area (Å²) in [6.07, 6.45) is 0. The molecule has 0 bridgehead atoms. The second-order valence-corrected chi connectivity index (χ2v) is 5.99. The van der Waals surface area contributed by atoms with Gasteiger partial charge in [0.05, 0.1) is 6.04 Å². The number of aromatic nitrogens is 1. The van der Waals surface area contributed by atoms with E-state index in [0.29, 0.717) is 10.8 Å². The van der Waals surface area contributed by atoms with Gasteiger partial charge in [0.15, 0.2) is 5.13 Å². The molecular weight excluding hydrogens is 306 g/mol. The molecule has 4 nitrogen and oxygen atoms in total. The van der Waals surface area contributed by atoms with Crippen LogP contribution in [-0.4, -0.2) is 10.9 Å². The highest BCUT2D eigenvalue weighted by Gasteiger charge is 2.14. The number of hydrogen-bond donors (Lipinski definition) is 2. The SMILES string of the molecule is CC(NC(=O)c1csc(Nc2ccccc2)n1)c1ccccc1. The minimum Gasteiger partial charge on any atom is -0.344 e. The van der Waals surface area contributed by atoms with Crippen molar-refractivity contribution in [2.45, 2.75) is 13.0 Å². The third-order valence-corrected chi connectivity index (χ3v) is 4.17. The van der Waals surface area contributed by atoms with Crippen LogP contribution in [0.5, 0.6) is 0 Å². The van der Waals surface area contributed by atoms with Crippen molar-refractivity contribution >= 4 is 28.1 Å². The quantitative estimate of drug-likeness (QED) is 0.733. The van der Waals surface area contributed by atoms with Gasteiger partial charge in [-0.2, -0.15) is 0 Å². The van der Waals surface area contributed by atoms with Gasteiger partial charge < -0.3 is 10.6 Å². The molecule has 5 heteroatoms. The van der Waals surface area contributed by atoms with Crippen molar-refractivity contribution < 1.29 is 4.79 Å². The third kappa shape index (κ3) is 3.96. The number of rotatable bonds is 5. The molecule has 0 fully saturated rings. The Kier molecular flexibility index (Phi) is 4.68. The van der Waals surface area contributed by atoms with Gasteiger partial charge in [-0.15, -0.1) is 11.3 Å². The average Bonchev–Trinajstić information content (AvgIpc) is 3.05. The van der Waals surface area contributed by atoms with Gasteiger partial charge in [-0.05, 0) is 24.6 Å². The second-order valence-electron chi connectivity index (χ2n) is 5.13. The van der Waals surface area contributed by atoms with Crippen LogP contribution < -0.4 is 10.6 Å². The molecule has 3 rings (SSSR count). The molecule has 1 unspecified atom stereocenters. The lowest BCUT2D eigenvalue weighted by atomic mass is 10.1. The summed E-state index contributed by atoms with van der Waals surface area (Å²) in [7, 11) is 0. The van der Waals surface area contributed by atoms with Crippen LogP contribution in [0.25, 0.3) is 0 Å². The maximum atomic E-state index is 12.3. The van der Waals surface area contributed by atoms with Gasteiger partial charge in [0.1, 0.15) is 5.69 Å². The van der Waals surface area contributed by atoms with Crippen LogP contribution in [0.4, 0.5) is 10.8 Å². The minimum absolute atomic E-state index is 0.0593. The number of benzene rings is 2. The molecule has 0 aliphatic rings. The molecule has 0 aliphatic carbocycles. The fourth-order valence-electron chi connectivity index (χ4n) is 2.18. The highest BCUT2D eigenvalue weighted by atomic mass is 32.1. The van der Waals surface area contributed by atoms with Crippen LogP contribution in [0, 0.1) is 0 Å². The van der Waals surface area contributed by atoms with E-state index in [1.807, 2.05) is 67.6 Å². The lowest BCUT2D eigenvalue weighted by molar-refractivity contribution is 0.0935. The number of hydrogen-bond acceptors (Lipinski definition) is 4. The van der Waals surface area contributed by atoms with E-state index < -0.39 is 0 Å². The molecule has 1 atom stereocenters. The first kappa shape index (κ1) is 15.2. The highest BCUT2D eigenvalue weighted by molar-refractivity contribution is 7.14. The number of thiazole rings is 1. The number of amides is 1. The molecular formula is C18H17N3OS. The van der Waals surface area contributed by atoms with Gasteiger partial charge in [-0.1, -0.05) is 48.5 Å². The molecule has 23 heavy (non-hydrogen) atoms. The molecule has 1 amide bonds. The van der Waals surface area contributed by atoms with Gasteiger partial charge in [0, 0.05) is 11.1 Å². The Hall–Kier alpha value is -2.66. The zero-order valence-electron chi connectivity index (χ0n) is 12.7. The molecule has 1 heterocycles. The summed E-state index contributed by atoms with van der Waals surface area (Å²) in [5.41, 5.74) is 2.45. The van der Waals surface area contributed by atoms with Gasteiger partial charge in [-0.3, -0.25) is 4.79 Å². The highest BCUT2D eigenvalue weighted by Crippen LogP contribution is 2.21. The summed E-state index contributed by atoms with van der Waals surface area (Å²) in [6, 6.07) is 19.6. The minimum atomic E-state index is -0.168. The molecule has 0 aliphatic heterocycles. The Bertz CT molecular complexity index is 771. The summed E-state index contributed by atoms with van der Waals surface area (Å²) in [6.45, 7) is 1.96. The first-order chi connectivity index (χ1) is 11.2. The Labute approximate surface area is 139 Å². The summed E-state index contributed by atoms with van der Waals surface area (Å²) < 4.78 is 0. The molecule has 2 aromatic carbocycles. The first-order valence-electron chi connectivity index (χ1n) is 7.36. The van der Waals surface area contributed by atoms with Crippen LogP contribution in [0.3, 0.4) is 0 Å². The fourth-order valence-corrected chi connectivity index (χ4v) is 2.89. The smallest absolute Gasteiger partial charge is 0.271 e. The first-order valence-corrected chi connectivity index (χ1v) is 8.24. The van der Waals surface area contributed by atoms with Crippen LogP contribution in [-0.2, 0) is 0 Å². The Balaban J connectivity index is 1.64. The van der Waals surface area contributed by atoms with Gasteiger partial charge in [-0.25, -0.2) is 4.98 Å². The van der Waals surface area contributed by atoms with E-state index in [4.69, 9.17) is 0 Å². The third-order valence-electron chi connectivity index (χ3n) is 3.41. The van der Waals surface area contributed by atoms with E-state index in [1.165, 1.54) is 11.3 Å². The second kappa shape index (κ2) is 7.07. The predicted molar refractivity (Wildman–Crippen MR) is 94.2 cm³/mol. The van der Waals surface area contributed by atoms with Crippen molar-refractivity contribution in [3.8, 4) is 0 Å². The molecule has 0 saturated carbocycles. The summed E-state index contributed by atoms with van der Waals surface area (Å²) in [5, 5.41) is 8.62. The van der Waals surface area contributed by atoms with Crippen molar-refractivity contribution in [3.63, 3.8) is 0 Å².